The summed E-state index contributed by atoms with van der Waals surface area (Å²) in [5.41, 5.74) is 7.47. The van der Waals surface area contributed by atoms with Gasteiger partial charge >= 0.3 is 0 Å². The number of rotatable bonds is 3. The lowest BCUT2D eigenvalue weighted by molar-refractivity contribution is 0.338. The van der Waals surface area contributed by atoms with Gasteiger partial charge in [0.25, 0.3) is 0 Å². The van der Waals surface area contributed by atoms with Crippen LogP contribution in [0, 0.1) is 11.8 Å². The highest BCUT2D eigenvalue weighted by Gasteiger charge is 2.18. The Morgan fingerprint density at radius 2 is 2.06 bits per heavy atom. The van der Waals surface area contributed by atoms with Crippen molar-refractivity contribution in [1.29, 1.82) is 0 Å². The zero-order valence-corrected chi connectivity index (χ0v) is 12.1. The van der Waals surface area contributed by atoms with Gasteiger partial charge in [0.2, 0.25) is 0 Å². The van der Waals surface area contributed by atoms with Gasteiger partial charge in [0.15, 0.2) is 0 Å². The van der Waals surface area contributed by atoms with E-state index in [1.165, 1.54) is 37.7 Å². The van der Waals surface area contributed by atoms with Gasteiger partial charge in [0.05, 0.1) is 0 Å². The van der Waals surface area contributed by atoms with Crippen LogP contribution in [0.4, 0.5) is 0 Å². The molecule has 0 heterocycles. The summed E-state index contributed by atoms with van der Waals surface area (Å²) in [4.78, 5) is 0. The van der Waals surface area contributed by atoms with Crippen molar-refractivity contribution in [2.45, 2.75) is 58.4 Å². The molecule has 0 aliphatic heterocycles. The van der Waals surface area contributed by atoms with E-state index in [4.69, 9.17) is 5.73 Å². The van der Waals surface area contributed by atoms with Gasteiger partial charge in [-0.15, -0.1) is 0 Å². The Morgan fingerprint density at radius 3 is 2.78 bits per heavy atom. The topological polar surface area (TPSA) is 26.0 Å². The summed E-state index contributed by atoms with van der Waals surface area (Å²) in [6, 6.07) is 0.279. The maximum atomic E-state index is 6.00. The first-order valence-corrected chi connectivity index (χ1v) is 7.36. The molecule has 0 amide bonds. The van der Waals surface area contributed by atoms with Crippen molar-refractivity contribution in [3.8, 4) is 0 Å². The lowest BCUT2D eigenvalue weighted by Crippen LogP contribution is -2.18. The van der Waals surface area contributed by atoms with E-state index < -0.39 is 0 Å². The molecule has 18 heavy (non-hydrogen) atoms. The fourth-order valence-electron chi connectivity index (χ4n) is 2.82. The molecule has 0 aromatic heterocycles. The minimum absolute atomic E-state index is 0.279. The Kier molecular flexibility index (Phi) is 7.04. The van der Waals surface area contributed by atoms with E-state index in [0.29, 0.717) is 5.92 Å². The van der Waals surface area contributed by atoms with E-state index in [1.54, 1.807) is 0 Å². The van der Waals surface area contributed by atoms with Crippen molar-refractivity contribution in [2.24, 2.45) is 17.6 Å². The molecular formula is C17H29N. The molecule has 0 saturated heterocycles. The molecule has 1 nitrogen and oxygen atoms in total. The van der Waals surface area contributed by atoms with Crippen LogP contribution in [0.3, 0.4) is 0 Å². The zero-order valence-electron chi connectivity index (χ0n) is 12.1. The quantitative estimate of drug-likeness (QED) is 0.572. The highest BCUT2D eigenvalue weighted by Crippen LogP contribution is 2.30. The normalized spacial score (nSPS) is 30.5. The first kappa shape index (κ1) is 15.2. The van der Waals surface area contributed by atoms with Crippen molar-refractivity contribution in [3.63, 3.8) is 0 Å². The van der Waals surface area contributed by atoms with Crippen LogP contribution >= 0.6 is 0 Å². The number of hydrogen-bond acceptors (Lipinski definition) is 1. The molecule has 0 aromatic rings. The lowest BCUT2D eigenvalue weighted by atomic mass is 9.80. The fraction of sp³-hybridized carbons (Fsp3) is 0.647. The smallest absolute Gasteiger partial charge is 0.0223 e. The molecule has 0 spiro atoms. The Morgan fingerprint density at radius 1 is 1.33 bits per heavy atom. The van der Waals surface area contributed by atoms with E-state index in [-0.39, 0.29) is 6.04 Å². The highest BCUT2D eigenvalue weighted by atomic mass is 14.6. The van der Waals surface area contributed by atoms with Crippen LogP contribution in [0.5, 0.6) is 0 Å². The number of nitrogens with two attached hydrogens (primary N) is 1. The van der Waals surface area contributed by atoms with Gasteiger partial charge in [-0.1, -0.05) is 56.2 Å². The summed E-state index contributed by atoms with van der Waals surface area (Å²) in [7, 11) is 0. The maximum absolute atomic E-state index is 6.00. The molecule has 0 fully saturated rings. The van der Waals surface area contributed by atoms with Crippen LogP contribution in [0.1, 0.15) is 52.4 Å². The van der Waals surface area contributed by atoms with Crippen molar-refractivity contribution < 1.29 is 0 Å². The number of hydrogen-bond donors (Lipinski definition) is 1. The van der Waals surface area contributed by atoms with Crippen LogP contribution in [0.2, 0.25) is 0 Å². The maximum Gasteiger partial charge on any atom is 0.0223 e. The predicted octanol–water partition coefficient (Wildman–Crippen LogP) is 4.61. The summed E-state index contributed by atoms with van der Waals surface area (Å²) in [6.45, 7) is 8.39. The molecule has 0 saturated carbocycles. The lowest BCUT2D eigenvalue weighted by Gasteiger charge is -2.25. The van der Waals surface area contributed by atoms with Gasteiger partial charge in [-0.2, -0.15) is 0 Å². The van der Waals surface area contributed by atoms with Gasteiger partial charge in [0.1, 0.15) is 0 Å². The van der Waals surface area contributed by atoms with Crippen molar-refractivity contribution in [2.75, 3.05) is 0 Å². The highest BCUT2D eigenvalue weighted by molar-refractivity contribution is 5.11. The molecule has 0 bridgehead atoms. The molecule has 1 aliphatic rings. The monoisotopic (exact) mass is 247 g/mol. The third kappa shape index (κ3) is 5.22. The standard InChI is InChI=1S/C17H29N/c1-4-9-14(2)15(3)16-10-5-7-12-17(18)13-8-6-11-16/h4,7,9,12,15-17H,1,5-6,8,10-11,13,18H2,2-3H3/b12-7-,14-9+/t15?,16?,17-/m1/s1. The Balaban J connectivity index is 2.60. The summed E-state index contributed by atoms with van der Waals surface area (Å²) < 4.78 is 0. The number of allylic oxidation sites excluding steroid dienone is 4. The molecule has 2 unspecified atom stereocenters. The molecule has 1 heteroatoms. The van der Waals surface area contributed by atoms with E-state index >= 15 is 0 Å². The third-order valence-electron chi connectivity index (χ3n) is 4.26. The van der Waals surface area contributed by atoms with E-state index in [1.807, 2.05) is 6.08 Å². The van der Waals surface area contributed by atoms with Crippen LogP contribution in [-0.2, 0) is 0 Å². The average molecular weight is 247 g/mol. The van der Waals surface area contributed by atoms with Crippen LogP contribution in [0.25, 0.3) is 0 Å². The van der Waals surface area contributed by atoms with Crippen molar-refractivity contribution >= 4 is 0 Å². The molecular weight excluding hydrogens is 218 g/mol. The molecule has 102 valence electrons. The zero-order chi connectivity index (χ0) is 13.4. The molecule has 0 radical (unpaired) electrons. The first-order chi connectivity index (χ1) is 8.65. The summed E-state index contributed by atoms with van der Waals surface area (Å²) >= 11 is 0. The van der Waals surface area contributed by atoms with E-state index in [2.05, 4.69) is 38.7 Å². The minimum Gasteiger partial charge on any atom is -0.324 e. The minimum atomic E-state index is 0.279. The molecule has 0 aromatic carbocycles. The molecule has 1 aliphatic carbocycles. The third-order valence-corrected chi connectivity index (χ3v) is 4.26. The second-order valence-electron chi connectivity index (χ2n) is 5.65. The summed E-state index contributed by atoms with van der Waals surface area (Å²) in [5, 5.41) is 0. The Hall–Kier alpha value is -0.820. The Labute approximate surface area is 113 Å². The van der Waals surface area contributed by atoms with Gasteiger partial charge in [-0.05, 0) is 44.4 Å². The van der Waals surface area contributed by atoms with Gasteiger partial charge < -0.3 is 5.73 Å². The predicted molar refractivity (Wildman–Crippen MR) is 81.4 cm³/mol. The van der Waals surface area contributed by atoms with Crippen LogP contribution in [-0.4, -0.2) is 6.04 Å². The molecule has 2 N–H and O–H groups in total. The summed E-state index contributed by atoms with van der Waals surface area (Å²) in [5.74, 6) is 1.48. The average Bonchev–Trinajstić information content (AvgIpc) is 2.36. The Bertz CT molecular complexity index is 301. The van der Waals surface area contributed by atoms with Crippen LogP contribution in [0.15, 0.2) is 36.5 Å². The van der Waals surface area contributed by atoms with Gasteiger partial charge in [0, 0.05) is 6.04 Å². The van der Waals surface area contributed by atoms with E-state index in [9.17, 15) is 0 Å². The van der Waals surface area contributed by atoms with Gasteiger partial charge in [-0.25, -0.2) is 0 Å². The first-order valence-electron chi connectivity index (χ1n) is 7.36. The van der Waals surface area contributed by atoms with Crippen molar-refractivity contribution in [3.05, 3.63) is 36.5 Å². The molecule has 1 rings (SSSR count). The van der Waals surface area contributed by atoms with Gasteiger partial charge in [-0.3, -0.25) is 0 Å². The second-order valence-corrected chi connectivity index (χ2v) is 5.65. The molecule has 3 atom stereocenters. The van der Waals surface area contributed by atoms with Crippen LogP contribution < -0.4 is 5.73 Å². The van der Waals surface area contributed by atoms with Crippen molar-refractivity contribution in [1.82, 2.24) is 0 Å². The SMILES string of the molecule is C=C/C=C(\C)C(C)C1CC/C=C\[C@@H](N)CCCC1. The second kappa shape index (κ2) is 8.31. The fourth-order valence-corrected chi connectivity index (χ4v) is 2.82. The van der Waals surface area contributed by atoms with E-state index in [0.717, 1.165) is 12.3 Å². The largest absolute Gasteiger partial charge is 0.324 e. The summed E-state index contributed by atoms with van der Waals surface area (Å²) in [6.07, 6.45) is 16.1.